The second-order valence-corrected chi connectivity index (χ2v) is 2.71. The highest BCUT2D eigenvalue weighted by Crippen LogP contribution is 2.06. The van der Waals surface area contributed by atoms with Crippen molar-refractivity contribution in [3.8, 4) is 0 Å². The number of hydrogen-bond acceptors (Lipinski definition) is 4. The van der Waals surface area contributed by atoms with Gasteiger partial charge in [-0.1, -0.05) is 0 Å². The molecule has 1 rings (SSSR count). The van der Waals surface area contributed by atoms with E-state index in [-0.39, 0.29) is 18.8 Å². The van der Waals surface area contributed by atoms with Crippen molar-refractivity contribution in [2.75, 3.05) is 19.7 Å². The normalized spacial score (nSPS) is 36.3. The molecule has 0 aromatic carbocycles. The molecular formula is C6H14N2O2. The molecule has 0 aromatic rings. The molecule has 0 aromatic heterocycles. The van der Waals surface area contributed by atoms with Crippen LogP contribution in [0.1, 0.15) is 6.92 Å². The zero-order valence-electron chi connectivity index (χ0n) is 6.16. The molecule has 4 nitrogen and oxygen atoms in total. The van der Waals surface area contributed by atoms with Crippen LogP contribution in [0.15, 0.2) is 0 Å². The van der Waals surface area contributed by atoms with Crippen molar-refractivity contribution in [3.05, 3.63) is 0 Å². The third-order valence-corrected chi connectivity index (χ3v) is 1.56. The molecule has 1 fully saturated rings. The second-order valence-electron chi connectivity index (χ2n) is 2.71. The molecule has 3 N–H and O–H groups in total. The molecule has 0 saturated carbocycles. The molecule has 1 aliphatic heterocycles. The summed E-state index contributed by atoms with van der Waals surface area (Å²) in [6.45, 7) is 3.37. The van der Waals surface area contributed by atoms with Crippen LogP contribution in [0, 0.1) is 0 Å². The van der Waals surface area contributed by atoms with Gasteiger partial charge < -0.3 is 9.84 Å². The molecular weight excluding hydrogens is 132 g/mol. The number of aliphatic hydroxyl groups excluding tert-OH is 1. The summed E-state index contributed by atoms with van der Waals surface area (Å²) in [4.78, 5) is 0. The van der Waals surface area contributed by atoms with Gasteiger partial charge in [-0.05, 0) is 6.92 Å². The number of nitrogens with two attached hydrogens (primary N) is 1. The molecule has 0 aliphatic carbocycles. The predicted octanol–water partition coefficient (Wildman–Crippen LogP) is -1.06. The lowest BCUT2D eigenvalue weighted by atomic mass is 10.2. The molecule has 60 valence electrons. The summed E-state index contributed by atoms with van der Waals surface area (Å²) in [6.07, 6.45) is 0.0321. The molecule has 1 heterocycles. The van der Waals surface area contributed by atoms with Crippen LogP contribution in [0.25, 0.3) is 0 Å². The van der Waals surface area contributed by atoms with Crippen molar-refractivity contribution < 1.29 is 9.84 Å². The third kappa shape index (κ3) is 1.91. The first-order chi connectivity index (χ1) is 4.72. The van der Waals surface area contributed by atoms with Crippen LogP contribution in [-0.2, 0) is 4.74 Å². The maximum atomic E-state index is 8.72. The van der Waals surface area contributed by atoms with Crippen LogP contribution in [0.2, 0.25) is 0 Å². The second kappa shape index (κ2) is 3.30. The van der Waals surface area contributed by atoms with E-state index in [9.17, 15) is 0 Å². The summed E-state index contributed by atoms with van der Waals surface area (Å²) < 4.78 is 5.33. The van der Waals surface area contributed by atoms with Gasteiger partial charge >= 0.3 is 0 Å². The Morgan fingerprint density at radius 3 is 2.90 bits per heavy atom. The number of rotatable bonds is 1. The van der Waals surface area contributed by atoms with Gasteiger partial charge in [0.25, 0.3) is 0 Å². The maximum Gasteiger partial charge on any atom is 0.0950 e. The Morgan fingerprint density at radius 2 is 2.40 bits per heavy atom. The van der Waals surface area contributed by atoms with Crippen molar-refractivity contribution in [2.24, 2.45) is 5.84 Å². The predicted molar refractivity (Wildman–Crippen MR) is 37.2 cm³/mol. The van der Waals surface area contributed by atoms with Gasteiger partial charge in [-0.15, -0.1) is 0 Å². The Hall–Kier alpha value is -0.160. The zero-order chi connectivity index (χ0) is 7.56. The van der Waals surface area contributed by atoms with Gasteiger partial charge in [0, 0.05) is 13.1 Å². The Kier molecular flexibility index (Phi) is 2.62. The summed E-state index contributed by atoms with van der Waals surface area (Å²) in [6, 6.07) is 0. The van der Waals surface area contributed by atoms with E-state index < -0.39 is 0 Å². The monoisotopic (exact) mass is 146 g/mol. The van der Waals surface area contributed by atoms with Gasteiger partial charge in [0.2, 0.25) is 0 Å². The van der Waals surface area contributed by atoms with Crippen molar-refractivity contribution in [1.29, 1.82) is 0 Å². The first-order valence-corrected chi connectivity index (χ1v) is 3.48. The first-order valence-electron chi connectivity index (χ1n) is 3.48. The Morgan fingerprint density at radius 1 is 1.70 bits per heavy atom. The number of nitrogens with zero attached hydrogens (tertiary/aromatic N) is 1. The average Bonchev–Trinajstić information content (AvgIpc) is 1.85. The molecule has 1 saturated heterocycles. The SMILES string of the molecule is CC1CN(N)CC(CO)O1. The van der Waals surface area contributed by atoms with E-state index in [1.165, 1.54) is 0 Å². The minimum Gasteiger partial charge on any atom is -0.394 e. The van der Waals surface area contributed by atoms with Crippen molar-refractivity contribution >= 4 is 0 Å². The van der Waals surface area contributed by atoms with E-state index in [0.717, 1.165) is 6.54 Å². The molecule has 0 spiro atoms. The smallest absolute Gasteiger partial charge is 0.0950 e. The summed E-state index contributed by atoms with van der Waals surface area (Å²) in [7, 11) is 0. The molecule has 0 radical (unpaired) electrons. The summed E-state index contributed by atoms with van der Waals surface area (Å²) >= 11 is 0. The topological polar surface area (TPSA) is 58.7 Å². The number of hydrazine groups is 1. The van der Waals surface area contributed by atoms with Crippen LogP contribution in [0.4, 0.5) is 0 Å². The summed E-state index contributed by atoms with van der Waals surface area (Å²) in [5.74, 6) is 5.53. The molecule has 2 atom stereocenters. The van der Waals surface area contributed by atoms with E-state index in [4.69, 9.17) is 15.7 Å². The van der Waals surface area contributed by atoms with Crippen molar-refractivity contribution in [2.45, 2.75) is 19.1 Å². The molecule has 0 bridgehead atoms. The number of ether oxygens (including phenoxy) is 1. The fourth-order valence-electron chi connectivity index (χ4n) is 1.18. The molecule has 0 amide bonds. The fourth-order valence-corrected chi connectivity index (χ4v) is 1.18. The highest BCUT2D eigenvalue weighted by Gasteiger charge is 2.21. The Balaban J connectivity index is 2.35. The fraction of sp³-hybridized carbons (Fsp3) is 1.00. The van der Waals surface area contributed by atoms with Crippen LogP contribution < -0.4 is 5.84 Å². The highest BCUT2D eigenvalue weighted by atomic mass is 16.5. The van der Waals surface area contributed by atoms with Crippen LogP contribution in [0.3, 0.4) is 0 Å². The van der Waals surface area contributed by atoms with Crippen LogP contribution in [-0.4, -0.2) is 42.0 Å². The van der Waals surface area contributed by atoms with Crippen LogP contribution in [0.5, 0.6) is 0 Å². The summed E-state index contributed by atoms with van der Waals surface area (Å²) in [5.41, 5.74) is 0. The van der Waals surface area contributed by atoms with Gasteiger partial charge in [-0.25, -0.2) is 5.01 Å². The van der Waals surface area contributed by atoms with E-state index >= 15 is 0 Å². The van der Waals surface area contributed by atoms with Crippen LogP contribution >= 0.6 is 0 Å². The largest absolute Gasteiger partial charge is 0.394 e. The summed E-state index contributed by atoms with van der Waals surface area (Å²) in [5, 5.41) is 10.4. The average molecular weight is 146 g/mol. The molecule has 10 heavy (non-hydrogen) atoms. The lowest BCUT2D eigenvalue weighted by molar-refractivity contribution is -0.0956. The van der Waals surface area contributed by atoms with Gasteiger partial charge in [0.15, 0.2) is 0 Å². The maximum absolute atomic E-state index is 8.72. The zero-order valence-corrected chi connectivity index (χ0v) is 6.16. The van der Waals surface area contributed by atoms with Gasteiger partial charge in [0.05, 0.1) is 18.8 Å². The van der Waals surface area contributed by atoms with Gasteiger partial charge in [-0.3, -0.25) is 5.84 Å². The minimum absolute atomic E-state index is 0.0536. The molecule has 1 aliphatic rings. The lowest BCUT2D eigenvalue weighted by Gasteiger charge is -2.32. The Labute approximate surface area is 60.5 Å². The quantitative estimate of drug-likeness (QED) is 0.463. The number of aliphatic hydroxyl groups is 1. The van der Waals surface area contributed by atoms with E-state index in [1.807, 2.05) is 6.92 Å². The van der Waals surface area contributed by atoms with E-state index in [2.05, 4.69) is 0 Å². The molecule has 2 unspecified atom stereocenters. The minimum atomic E-state index is -0.103. The standard InChI is InChI=1S/C6H14N2O2/c1-5-2-8(7)3-6(4-9)10-5/h5-6,9H,2-4,7H2,1H3. The van der Waals surface area contributed by atoms with Gasteiger partial charge in [0.1, 0.15) is 0 Å². The van der Waals surface area contributed by atoms with E-state index in [0.29, 0.717) is 6.54 Å². The highest BCUT2D eigenvalue weighted by molar-refractivity contribution is 4.70. The molecule has 4 heteroatoms. The first kappa shape index (κ1) is 7.94. The lowest BCUT2D eigenvalue weighted by Crippen LogP contribution is -2.50. The number of morpholine rings is 1. The number of hydrogen-bond donors (Lipinski definition) is 2. The third-order valence-electron chi connectivity index (χ3n) is 1.56. The van der Waals surface area contributed by atoms with Gasteiger partial charge in [-0.2, -0.15) is 0 Å². The van der Waals surface area contributed by atoms with Crippen molar-refractivity contribution in [1.82, 2.24) is 5.01 Å². The van der Waals surface area contributed by atoms with E-state index in [1.54, 1.807) is 5.01 Å². The van der Waals surface area contributed by atoms with Crippen molar-refractivity contribution in [3.63, 3.8) is 0 Å². The Bertz CT molecular complexity index is 99.9.